The summed E-state index contributed by atoms with van der Waals surface area (Å²) in [5.41, 5.74) is 2.90. The molecule has 5 nitrogen and oxygen atoms in total. The summed E-state index contributed by atoms with van der Waals surface area (Å²) in [6.45, 7) is 5.48. The maximum atomic E-state index is 5.50. The van der Waals surface area contributed by atoms with Crippen molar-refractivity contribution < 1.29 is 4.74 Å². The largest absolute Gasteiger partial charge is 0.380 e. The van der Waals surface area contributed by atoms with Crippen LogP contribution in [0.4, 0.5) is 5.82 Å². The predicted molar refractivity (Wildman–Crippen MR) is 95.2 cm³/mol. The monoisotopic (exact) mass is 320 g/mol. The van der Waals surface area contributed by atoms with Gasteiger partial charge in [0.05, 0.1) is 12.1 Å². The van der Waals surface area contributed by atoms with Crippen LogP contribution in [0.2, 0.25) is 0 Å². The minimum Gasteiger partial charge on any atom is -0.380 e. The number of aryl methyl sites for hydroxylation is 1. The Labute approximate surface area is 141 Å². The van der Waals surface area contributed by atoms with Crippen molar-refractivity contribution in [3.8, 4) is 11.4 Å². The van der Waals surface area contributed by atoms with Crippen LogP contribution in [0.15, 0.2) is 42.6 Å². The number of anilines is 1. The molecule has 122 valence electrons. The van der Waals surface area contributed by atoms with Crippen LogP contribution in [0, 0.1) is 6.92 Å². The molecular formula is C19H20N4O. The van der Waals surface area contributed by atoms with E-state index in [0.717, 1.165) is 66.5 Å². The van der Waals surface area contributed by atoms with Gasteiger partial charge < -0.3 is 9.64 Å². The molecule has 3 aromatic rings. The first-order valence-electron chi connectivity index (χ1n) is 8.34. The number of pyridine rings is 1. The molecule has 1 fully saturated rings. The maximum Gasteiger partial charge on any atom is 0.161 e. The number of para-hydroxylation sites is 1. The number of nitrogens with zero attached hydrogens (tertiary/aromatic N) is 4. The lowest BCUT2D eigenvalue weighted by atomic mass is 10.2. The van der Waals surface area contributed by atoms with E-state index in [4.69, 9.17) is 4.74 Å². The first-order chi connectivity index (χ1) is 11.8. The van der Waals surface area contributed by atoms with Crippen LogP contribution in [0.1, 0.15) is 12.1 Å². The SMILES string of the molecule is Cc1nc(-c2ccc(N3CCCOCC3)nc2)nc2ccccc12. The summed E-state index contributed by atoms with van der Waals surface area (Å²) in [5, 5.41) is 1.09. The standard InChI is InChI=1S/C19H20N4O/c1-14-16-5-2-3-6-17(16)22-19(21-14)15-7-8-18(20-13-15)23-9-4-11-24-12-10-23/h2-3,5-8,13H,4,9-12H2,1H3. The van der Waals surface area contributed by atoms with Crippen molar-refractivity contribution >= 4 is 16.7 Å². The molecule has 0 bridgehead atoms. The zero-order valence-electron chi connectivity index (χ0n) is 13.8. The molecule has 1 aliphatic heterocycles. The molecule has 0 spiro atoms. The molecule has 0 N–H and O–H groups in total. The van der Waals surface area contributed by atoms with Crippen molar-refractivity contribution in [2.45, 2.75) is 13.3 Å². The minimum absolute atomic E-state index is 0.726. The minimum atomic E-state index is 0.726. The second-order valence-electron chi connectivity index (χ2n) is 6.01. The van der Waals surface area contributed by atoms with E-state index >= 15 is 0 Å². The second kappa shape index (κ2) is 6.53. The Bertz CT molecular complexity index is 840. The lowest BCUT2D eigenvalue weighted by molar-refractivity contribution is 0.152. The first kappa shape index (κ1) is 15.0. The van der Waals surface area contributed by atoms with Gasteiger partial charge in [-0.1, -0.05) is 18.2 Å². The van der Waals surface area contributed by atoms with Crippen LogP contribution >= 0.6 is 0 Å². The van der Waals surface area contributed by atoms with Gasteiger partial charge in [-0.3, -0.25) is 0 Å². The molecule has 0 amide bonds. The van der Waals surface area contributed by atoms with Gasteiger partial charge in [-0.25, -0.2) is 15.0 Å². The normalized spacial score (nSPS) is 15.5. The van der Waals surface area contributed by atoms with Crippen molar-refractivity contribution in [3.05, 3.63) is 48.3 Å². The van der Waals surface area contributed by atoms with Crippen LogP contribution in [-0.2, 0) is 4.74 Å². The summed E-state index contributed by atoms with van der Waals surface area (Å²) in [7, 11) is 0. The molecule has 0 aliphatic carbocycles. The third kappa shape index (κ3) is 2.95. The Kier molecular flexibility index (Phi) is 4.09. The lowest BCUT2D eigenvalue weighted by Crippen LogP contribution is -2.26. The fraction of sp³-hybridized carbons (Fsp3) is 0.316. The van der Waals surface area contributed by atoms with Crippen molar-refractivity contribution in [1.82, 2.24) is 15.0 Å². The number of aromatic nitrogens is 3. The van der Waals surface area contributed by atoms with Gasteiger partial charge in [-0.05, 0) is 31.5 Å². The lowest BCUT2D eigenvalue weighted by Gasteiger charge is -2.20. The summed E-state index contributed by atoms with van der Waals surface area (Å²) in [6.07, 6.45) is 2.90. The van der Waals surface area contributed by atoms with Gasteiger partial charge in [-0.15, -0.1) is 0 Å². The average molecular weight is 320 g/mol. The Hall–Kier alpha value is -2.53. The van der Waals surface area contributed by atoms with E-state index in [1.165, 1.54) is 0 Å². The number of rotatable bonds is 2. The quantitative estimate of drug-likeness (QED) is 0.725. The van der Waals surface area contributed by atoms with Gasteiger partial charge in [0.15, 0.2) is 5.82 Å². The van der Waals surface area contributed by atoms with E-state index < -0.39 is 0 Å². The Morgan fingerprint density at radius 1 is 1.00 bits per heavy atom. The topological polar surface area (TPSA) is 51.1 Å². The maximum absolute atomic E-state index is 5.50. The van der Waals surface area contributed by atoms with Crippen LogP contribution in [0.25, 0.3) is 22.3 Å². The molecule has 24 heavy (non-hydrogen) atoms. The zero-order chi connectivity index (χ0) is 16.4. The smallest absolute Gasteiger partial charge is 0.161 e. The van der Waals surface area contributed by atoms with E-state index in [0.29, 0.717) is 0 Å². The summed E-state index contributed by atoms with van der Waals surface area (Å²) < 4.78 is 5.50. The summed E-state index contributed by atoms with van der Waals surface area (Å²) in [6, 6.07) is 12.2. The van der Waals surface area contributed by atoms with Gasteiger partial charge in [0.25, 0.3) is 0 Å². The number of hydrogen-bond acceptors (Lipinski definition) is 5. The van der Waals surface area contributed by atoms with E-state index in [9.17, 15) is 0 Å². The number of benzene rings is 1. The molecule has 0 radical (unpaired) electrons. The third-order valence-electron chi connectivity index (χ3n) is 4.35. The van der Waals surface area contributed by atoms with Gasteiger partial charge in [0.1, 0.15) is 5.82 Å². The molecule has 2 aromatic heterocycles. The second-order valence-corrected chi connectivity index (χ2v) is 6.01. The van der Waals surface area contributed by atoms with E-state index in [-0.39, 0.29) is 0 Å². The van der Waals surface area contributed by atoms with Crippen LogP contribution in [0.3, 0.4) is 0 Å². The number of ether oxygens (including phenoxy) is 1. The zero-order valence-corrected chi connectivity index (χ0v) is 13.8. The van der Waals surface area contributed by atoms with E-state index in [1.807, 2.05) is 31.3 Å². The highest BCUT2D eigenvalue weighted by molar-refractivity contribution is 5.82. The van der Waals surface area contributed by atoms with Crippen LogP contribution in [0.5, 0.6) is 0 Å². The van der Waals surface area contributed by atoms with E-state index in [1.54, 1.807) is 0 Å². The first-order valence-corrected chi connectivity index (χ1v) is 8.34. The van der Waals surface area contributed by atoms with Crippen molar-refractivity contribution in [3.63, 3.8) is 0 Å². The molecule has 0 unspecified atom stereocenters. The summed E-state index contributed by atoms with van der Waals surface area (Å²) in [4.78, 5) is 16.2. The van der Waals surface area contributed by atoms with Crippen molar-refractivity contribution in [2.24, 2.45) is 0 Å². The van der Waals surface area contributed by atoms with Crippen molar-refractivity contribution in [1.29, 1.82) is 0 Å². The number of fused-ring (bicyclic) bond motifs is 1. The highest BCUT2D eigenvalue weighted by atomic mass is 16.5. The molecule has 5 heteroatoms. The van der Waals surface area contributed by atoms with E-state index in [2.05, 4.69) is 38.1 Å². The molecule has 4 rings (SSSR count). The number of hydrogen-bond donors (Lipinski definition) is 0. The van der Waals surface area contributed by atoms with Gasteiger partial charge in [-0.2, -0.15) is 0 Å². The van der Waals surface area contributed by atoms with Crippen LogP contribution < -0.4 is 4.90 Å². The van der Waals surface area contributed by atoms with Crippen molar-refractivity contribution in [2.75, 3.05) is 31.2 Å². The summed E-state index contributed by atoms with van der Waals surface area (Å²) >= 11 is 0. The Morgan fingerprint density at radius 2 is 1.92 bits per heavy atom. The third-order valence-corrected chi connectivity index (χ3v) is 4.35. The molecule has 3 heterocycles. The van der Waals surface area contributed by atoms with Gasteiger partial charge >= 0.3 is 0 Å². The summed E-state index contributed by atoms with van der Waals surface area (Å²) in [5.74, 6) is 1.71. The molecule has 1 saturated heterocycles. The Morgan fingerprint density at radius 3 is 2.79 bits per heavy atom. The highest BCUT2D eigenvalue weighted by Crippen LogP contribution is 2.22. The molecule has 1 aliphatic rings. The molecule has 1 aromatic carbocycles. The fourth-order valence-corrected chi connectivity index (χ4v) is 3.04. The molecule has 0 saturated carbocycles. The fourth-order valence-electron chi connectivity index (χ4n) is 3.04. The Balaban J connectivity index is 1.65. The van der Waals surface area contributed by atoms with Crippen LogP contribution in [-0.4, -0.2) is 41.3 Å². The highest BCUT2D eigenvalue weighted by Gasteiger charge is 2.12. The average Bonchev–Trinajstić information content (AvgIpc) is 2.91. The van der Waals surface area contributed by atoms with Gasteiger partial charge in [0, 0.05) is 42.5 Å². The van der Waals surface area contributed by atoms with Gasteiger partial charge in [0.2, 0.25) is 0 Å². The predicted octanol–water partition coefficient (Wildman–Crippen LogP) is 3.23. The molecule has 0 atom stereocenters. The molecular weight excluding hydrogens is 300 g/mol.